The molecule has 2 amide bonds. The molecule has 0 saturated heterocycles. The van der Waals surface area contributed by atoms with Crippen LogP contribution in [0.25, 0.3) is 10.9 Å². The molecule has 0 aliphatic carbocycles. The predicted molar refractivity (Wildman–Crippen MR) is 104 cm³/mol. The van der Waals surface area contributed by atoms with Crippen LogP contribution in [0.15, 0.2) is 36.7 Å². The van der Waals surface area contributed by atoms with Gasteiger partial charge in [0.1, 0.15) is 11.3 Å². The number of carbonyl (C=O) groups is 2. The van der Waals surface area contributed by atoms with Crippen molar-refractivity contribution in [3.05, 3.63) is 47.8 Å². The maximum Gasteiger partial charge on any atom is 0.416 e. The van der Waals surface area contributed by atoms with Crippen LogP contribution in [0.4, 0.5) is 24.7 Å². The molecular weight excluding hydrogens is 401 g/mol. The van der Waals surface area contributed by atoms with E-state index in [1.54, 1.807) is 14.0 Å². The fourth-order valence-corrected chi connectivity index (χ4v) is 2.99. The summed E-state index contributed by atoms with van der Waals surface area (Å²) in [5, 5.41) is 7.08. The Morgan fingerprint density at radius 2 is 1.83 bits per heavy atom. The second-order valence-corrected chi connectivity index (χ2v) is 6.75. The van der Waals surface area contributed by atoms with Gasteiger partial charge in [-0.15, -0.1) is 0 Å². The zero-order valence-corrected chi connectivity index (χ0v) is 16.4. The van der Waals surface area contributed by atoms with Crippen LogP contribution in [0, 0.1) is 0 Å². The van der Waals surface area contributed by atoms with E-state index in [-0.39, 0.29) is 11.5 Å². The summed E-state index contributed by atoms with van der Waals surface area (Å²) in [5.41, 5.74) is 6.26. The van der Waals surface area contributed by atoms with Gasteiger partial charge in [0.15, 0.2) is 0 Å². The number of carbonyl (C=O) groups excluding carboxylic acids is 2. The highest BCUT2D eigenvalue weighted by Crippen LogP contribution is 2.31. The number of aryl methyl sites for hydroxylation is 1. The molecule has 3 rings (SSSR count). The molecule has 0 saturated carbocycles. The molecule has 0 fully saturated rings. The van der Waals surface area contributed by atoms with Crippen molar-refractivity contribution in [2.24, 2.45) is 7.05 Å². The summed E-state index contributed by atoms with van der Waals surface area (Å²) < 4.78 is 39.7. The van der Waals surface area contributed by atoms with Gasteiger partial charge in [-0.05, 0) is 24.6 Å². The van der Waals surface area contributed by atoms with Gasteiger partial charge in [-0.2, -0.15) is 18.3 Å². The van der Waals surface area contributed by atoms with Gasteiger partial charge in [0.25, 0.3) is 0 Å². The summed E-state index contributed by atoms with van der Waals surface area (Å²) in [6.45, 7) is 1.61. The van der Waals surface area contributed by atoms with E-state index in [1.165, 1.54) is 36.3 Å². The number of halogens is 3. The van der Waals surface area contributed by atoms with Crippen LogP contribution < -0.4 is 11.1 Å². The minimum Gasteiger partial charge on any atom is -0.382 e. The lowest BCUT2D eigenvalue weighted by atomic mass is 10.0. The van der Waals surface area contributed by atoms with Crippen molar-refractivity contribution in [1.29, 1.82) is 0 Å². The van der Waals surface area contributed by atoms with Crippen LogP contribution >= 0.6 is 0 Å². The number of amides is 2. The van der Waals surface area contributed by atoms with Crippen LogP contribution in [0.3, 0.4) is 0 Å². The van der Waals surface area contributed by atoms with Crippen LogP contribution in [-0.4, -0.2) is 38.5 Å². The smallest absolute Gasteiger partial charge is 0.382 e. The molecule has 0 radical (unpaired) electrons. The van der Waals surface area contributed by atoms with E-state index < -0.39 is 29.6 Å². The number of nitrogens with two attached hydrogens (primary N) is 1. The number of alkyl halides is 3. The molecule has 0 spiro atoms. The van der Waals surface area contributed by atoms with Crippen LogP contribution in [0.1, 0.15) is 24.1 Å². The first-order chi connectivity index (χ1) is 14.0. The minimum absolute atomic E-state index is 0.224. The molecule has 3 N–H and O–H groups in total. The van der Waals surface area contributed by atoms with Gasteiger partial charge in [0.05, 0.1) is 29.7 Å². The van der Waals surface area contributed by atoms with E-state index in [0.29, 0.717) is 16.5 Å². The molecule has 1 atom stereocenters. The van der Waals surface area contributed by atoms with Gasteiger partial charge in [-0.1, -0.05) is 12.1 Å². The number of nitrogens with one attached hydrogen (secondary N) is 1. The number of rotatable bonds is 3. The molecular formula is C19H19F3N6O2. The zero-order valence-electron chi connectivity index (χ0n) is 16.4. The van der Waals surface area contributed by atoms with E-state index in [4.69, 9.17) is 5.73 Å². The van der Waals surface area contributed by atoms with Crippen molar-refractivity contribution in [1.82, 2.24) is 19.7 Å². The van der Waals surface area contributed by atoms with Crippen molar-refractivity contribution in [2.75, 3.05) is 18.1 Å². The van der Waals surface area contributed by atoms with Crippen LogP contribution in [0.5, 0.6) is 0 Å². The number of likely N-dealkylation sites (N-methyl/N-ethyl adjacent to an activating group) is 1. The van der Waals surface area contributed by atoms with Crippen molar-refractivity contribution in [2.45, 2.75) is 19.1 Å². The summed E-state index contributed by atoms with van der Waals surface area (Å²) >= 11 is 0. The molecule has 30 heavy (non-hydrogen) atoms. The van der Waals surface area contributed by atoms with Gasteiger partial charge in [-0.25, -0.2) is 4.98 Å². The van der Waals surface area contributed by atoms with E-state index in [9.17, 15) is 22.8 Å². The molecule has 1 unspecified atom stereocenters. The highest BCUT2D eigenvalue weighted by atomic mass is 19.4. The average molecular weight is 420 g/mol. The number of pyridine rings is 1. The van der Waals surface area contributed by atoms with Gasteiger partial charge < -0.3 is 16.0 Å². The Hall–Kier alpha value is -3.63. The summed E-state index contributed by atoms with van der Waals surface area (Å²) in [6, 6.07) is 3.79. The standard InChI is InChI=1S/C19H19F3N6O2/c1-10(11-4-6-12(7-5-11)19(20,21)22)27(2)18(30)17(29)26-14-9-24-16(23)15-13(14)8-25-28(15)3/h4-10H,1-3H3,(H2,23,24)(H,26,29). The van der Waals surface area contributed by atoms with E-state index in [1.807, 2.05) is 0 Å². The van der Waals surface area contributed by atoms with Gasteiger partial charge in [0, 0.05) is 19.5 Å². The lowest BCUT2D eigenvalue weighted by molar-refractivity contribution is -0.143. The summed E-state index contributed by atoms with van der Waals surface area (Å²) in [5.74, 6) is -1.56. The van der Waals surface area contributed by atoms with Crippen LogP contribution in [-0.2, 0) is 22.8 Å². The maximum atomic E-state index is 12.7. The van der Waals surface area contributed by atoms with E-state index in [2.05, 4.69) is 15.4 Å². The maximum absolute atomic E-state index is 12.7. The van der Waals surface area contributed by atoms with Crippen molar-refractivity contribution in [3.8, 4) is 0 Å². The fourth-order valence-electron chi connectivity index (χ4n) is 2.99. The summed E-state index contributed by atoms with van der Waals surface area (Å²) in [6.07, 6.45) is -1.64. The molecule has 2 aromatic heterocycles. The number of nitrogens with zero attached hydrogens (tertiary/aromatic N) is 4. The normalized spacial score (nSPS) is 12.6. The Balaban J connectivity index is 1.76. The Kier molecular flexibility index (Phi) is 5.38. The first-order valence-corrected chi connectivity index (χ1v) is 8.82. The lowest BCUT2D eigenvalue weighted by Crippen LogP contribution is -2.38. The molecule has 158 valence electrons. The Morgan fingerprint density at radius 3 is 2.43 bits per heavy atom. The minimum atomic E-state index is -4.45. The molecule has 0 aliphatic rings. The molecule has 1 aromatic carbocycles. The van der Waals surface area contributed by atoms with Gasteiger partial charge >= 0.3 is 18.0 Å². The zero-order chi connectivity index (χ0) is 22.2. The Bertz CT molecular complexity index is 1110. The molecule has 0 aliphatic heterocycles. The van der Waals surface area contributed by atoms with Crippen molar-refractivity contribution >= 4 is 34.2 Å². The predicted octanol–water partition coefficient (Wildman–Crippen LogP) is 2.73. The Labute approximate surface area is 169 Å². The van der Waals surface area contributed by atoms with Crippen molar-refractivity contribution in [3.63, 3.8) is 0 Å². The third-order valence-electron chi connectivity index (χ3n) is 4.87. The molecule has 3 aromatic rings. The number of hydrogen-bond acceptors (Lipinski definition) is 5. The van der Waals surface area contributed by atoms with Gasteiger partial charge in [0.2, 0.25) is 0 Å². The van der Waals surface area contributed by atoms with Crippen LogP contribution in [0.2, 0.25) is 0 Å². The lowest BCUT2D eigenvalue weighted by Gasteiger charge is -2.25. The second-order valence-electron chi connectivity index (χ2n) is 6.75. The third kappa shape index (κ3) is 3.91. The second kappa shape index (κ2) is 7.65. The first-order valence-electron chi connectivity index (χ1n) is 8.82. The summed E-state index contributed by atoms with van der Waals surface area (Å²) in [7, 11) is 3.06. The number of aromatic nitrogens is 3. The number of fused-ring (bicyclic) bond motifs is 1. The number of nitrogen functional groups attached to an aromatic ring is 1. The SMILES string of the molecule is CC(c1ccc(C(F)(F)F)cc1)N(C)C(=O)C(=O)Nc1cnc(N)c2c1cnn2C. The Morgan fingerprint density at radius 1 is 1.20 bits per heavy atom. The van der Waals surface area contributed by atoms with Gasteiger partial charge in [-0.3, -0.25) is 14.3 Å². The topological polar surface area (TPSA) is 106 Å². The summed E-state index contributed by atoms with van der Waals surface area (Å²) in [4.78, 5) is 30.2. The highest BCUT2D eigenvalue weighted by molar-refractivity contribution is 6.40. The quantitative estimate of drug-likeness (QED) is 0.634. The largest absolute Gasteiger partial charge is 0.416 e. The number of anilines is 2. The molecule has 8 nitrogen and oxygen atoms in total. The fraction of sp³-hybridized carbons (Fsp3) is 0.263. The number of benzene rings is 1. The number of hydrogen-bond donors (Lipinski definition) is 2. The monoisotopic (exact) mass is 420 g/mol. The molecule has 0 bridgehead atoms. The molecule has 2 heterocycles. The highest BCUT2D eigenvalue weighted by Gasteiger charge is 2.31. The van der Waals surface area contributed by atoms with E-state index in [0.717, 1.165) is 17.0 Å². The van der Waals surface area contributed by atoms with Crippen molar-refractivity contribution < 1.29 is 22.8 Å². The van der Waals surface area contributed by atoms with E-state index >= 15 is 0 Å². The average Bonchev–Trinajstić information content (AvgIpc) is 3.10. The first kappa shape index (κ1) is 21.1. The third-order valence-corrected chi connectivity index (χ3v) is 4.87. The molecule has 11 heteroatoms.